The highest BCUT2D eigenvalue weighted by Gasteiger charge is 2.54. The molecule has 0 radical (unpaired) electrons. The quantitative estimate of drug-likeness (QED) is 0.533. The SMILES string of the molecule is O=C(CN1C(=O)C2(CCC(Oc3ccc4[nH]ncc4c3)CC2)c2c(Cl)cccc21)NCC(F)(F)F. The normalized spacial score (nSPS) is 22.0. The van der Waals surface area contributed by atoms with Crippen molar-refractivity contribution in [3.63, 3.8) is 0 Å². The highest BCUT2D eigenvalue weighted by molar-refractivity contribution is 6.33. The fourth-order valence-corrected chi connectivity index (χ4v) is 5.44. The molecule has 3 aromatic rings. The van der Waals surface area contributed by atoms with E-state index in [0.29, 0.717) is 47.7 Å². The van der Waals surface area contributed by atoms with Gasteiger partial charge in [-0.05, 0) is 56.0 Å². The summed E-state index contributed by atoms with van der Waals surface area (Å²) in [5.74, 6) is -0.495. The van der Waals surface area contributed by atoms with E-state index < -0.39 is 30.6 Å². The van der Waals surface area contributed by atoms with Gasteiger partial charge < -0.3 is 15.0 Å². The highest BCUT2D eigenvalue weighted by atomic mass is 35.5. The maximum Gasteiger partial charge on any atom is 0.405 e. The van der Waals surface area contributed by atoms with Crippen molar-refractivity contribution in [2.45, 2.75) is 43.4 Å². The molecule has 1 fully saturated rings. The second-order valence-electron chi connectivity index (χ2n) is 8.94. The molecular formula is C24H22ClF3N4O3. The summed E-state index contributed by atoms with van der Waals surface area (Å²) >= 11 is 6.52. The Kier molecular flexibility index (Phi) is 5.86. The van der Waals surface area contributed by atoms with Gasteiger partial charge in [0.05, 0.1) is 28.9 Å². The molecule has 2 N–H and O–H groups in total. The van der Waals surface area contributed by atoms with Crippen LogP contribution in [0.4, 0.5) is 18.9 Å². The van der Waals surface area contributed by atoms with Gasteiger partial charge in [-0.15, -0.1) is 0 Å². The maximum atomic E-state index is 13.6. The maximum absolute atomic E-state index is 13.6. The number of amides is 2. The number of nitrogens with one attached hydrogen (secondary N) is 2. The molecule has 1 aliphatic carbocycles. The van der Waals surface area contributed by atoms with E-state index in [4.69, 9.17) is 16.3 Å². The summed E-state index contributed by atoms with van der Waals surface area (Å²) in [7, 11) is 0. The standard InChI is InChI=1S/C24H22ClF3N4O3/c25-17-2-1-3-19-21(17)23(22(34)32(19)12-20(33)29-13-24(26,27)28)8-6-15(7-9-23)35-16-4-5-18-14(10-16)11-30-31-18/h1-5,10-11,15H,6-9,12-13H2,(H,29,33)(H,30,31). The van der Waals surface area contributed by atoms with Crippen molar-refractivity contribution in [1.82, 2.24) is 15.5 Å². The smallest absolute Gasteiger partial charge is 0.405 e. The summed E-state index contributed by atoms with van der Waals surface area (Å²) in [5.41, 5.74) is 1.07. The zero-order valence-corrected chi connectivity index (χ0v) is 19.2. The lowest BCUT2D eigenvalue weighted by Crippen LogP contribution is -2.48. The van der Waals surface area contributed by atoms with Gasteiger partial charge in [0.2, 0.25) is 11.8 Å². The number of H-pyrrole nitrogens is 1. The minimum absolute atomic E-state index is 0.118. The van der Waals surface area contributed by atoms with E-state index in [1.807, 2.05) is 23.5 Å². The van der Waals surface area contributed by atoms with Crippen molar-refractivity contribution in [1.29, 1.82) is 0 Å². The van der Waals surface area contributed by atoms with Crippen LogP contribution in [0.2, 0.25) is 5.02 Å². The summed E-state index contributed by atoms with van der Waals surface area (Å²) in [4.78, 5) is 27.1. The van der Waals surface area contributed by atoms with Gasteiger partial charge in [-0.25, -0.2) is 0 Å². The third-order valence-corrected chi connectivity index (χ3v) is 7.02. The first kappa shape index (κ1) is 23.5. The summed E-state index contributed by atoms with van der Waals surface area (Å²) < 4.78 is 43.7. The number of ether oxygens (including phenoxy) is 1. The van der Waals surface area contributed by atoms with Crippen LogP contribution in [0.3, 0.4) is 0 Å². The molecular weight excluding hydrogens is 485 g/mol. The number of fused-ring (bicyclic) bond motifs is 3. The molecule has 35 heavy (non-hydrogen) atoms. The number of carbonyl (C=O) groups is 2. The van der Waals surface area contributed by atoms with Gasteiger partial charge in [-0.1, -0.05) is 17.7 Å². The molecule has 2 aromatic carbocycles. The molecule has 0 atom stereocenters. The van der Waals surface area contributed by atoms with Crippen LogP contribution >= 0.6 is 11.6 Å². The average molecular weight is 507 g/mol. The number of halogens is 4. The zero-order chi connectivity index (χ0) is 24.8. The van der Waals surface area contributed by atoms with Crippen LogP contribution in [0.25, 0.3) is 10.9 Å². The number of carbonyl (C=O) groups excluding carboxylic acids is 2. The molecule has 2 heterocycles. The largest absolute Gasteiger partial charge is 0.490 e. The predicted octanol–water partition coefficient (Wildman–Crippen LogP) is 4.50. The molecule has 5 rings (SSSR count). The lowest BCUT2D eigenvalue weighted by atomic mass is 9.69. The van der Waals surface area contributed by atoms with E-state index in [1.54, 1.807) is 24.4 Å². The number of anilines is 1. The number of alkyl halides is 3. The number of hydrogen-bond acceptors (Lipinski definition) is 4. The minimum atomic E-state index is -4.53. The van der Waals surface area contributed by atoms with Crippen LogP contribution in [-0.2, 0) is 15.0 Å². The first-order valence-electron chi connectivity index (χ1n) is 11.2. The molecule has 1 spiro atoms. The molecule has 1 aliphatic heterocycles. The van der Waals surface area contributed by atoms with Crippen molar-refractivity contribution in [2.24, 2.45) is 0 Å². The van der Waals surface area contributed by atoms with Gasteiger partial charge in [0.1, 0.15) is 18.8 Å². The number of aromatic amines is 1. The van der Waals surface area contributed by atoms with Crippen LogP contribution in [0.1, 0.15) is 31.2 Å². The summed E-state index contributed by atoms with van der Waals surface area (Å²) in [6, 6.07) is 10.7. The van der Waals surface area contributed by atoms with Crippen LogP contribution in [-0.4, -0.2) is 47.4 Å². The summed E-state index contributed by atoms with van der Waals surface area (Å²) in [6.45, 7) is -1.96. The molecule has 0 unspecified atom stereocenters. The van der Waals surface area contributed by atoms with Crippen molar-refractivity contribution < 1.29 is 27.5 Å². The molecule has 0 bridgehead atoms. The van der Waals surface area contributed by atoms with E-state index in [9.17, 15) is 22.8 Å². The van der Waals surface area contributed by atoms with Crippen molar-refractivity contribution in [2.75, 3.05) is 18.0 Å². The fraction of sp³-hybridized carbons (Fsp3) is 0.375. The van der Waals surface area contributed by atoms with E-state index in [0.717, 1.165) is 10.9 Å². The molecule has 1 saturated carbocycles. The molecule has 2 aliphatic rings. The van der Waals surface area contributed by atoms with E-state index >= 15 is 0 Å². The molecule has 2 amide bonds. The molecule has 1 aromatic heterocycles. The number of nitrogens with zero attached hydrogens (tertiary/aromatic N) is 2. The number of hydrogen-bond donors (Lipinski definition) is 2. The van der Waals surface area contributed by atoms with Crippen molar-refractivity contribution in [3.05, 3.63) is 53.2 Å². The summed E-state index contributed by atoms with van der Waals surface area (Å²) in [5, 5.41) is 10.1. The van der Waals surface area contributed by atoms with Gasteiger partial charge in [0.15, 0.2) is 0 Å². The van der Waals surface area contributed by atoms with Gasteiger partial charge in [-0.2, -0.15) is 18.3 Å². The number of aromatic nitrogens is 2. The lowest BCUT2D eigenvalue weighted by Gasteiger charge is -2.36. The molecule has 184 valence electrons. The average Bonchev–Trinajstić information content (AvgIpc) is 3.37. The first-order chi connectivity index (χ1) is 16.7. The Balaban J connectivity index is 1.33. The van der Waals surface area contributed by atoms with Crippen LogP contribution < -0.4 is 15.0 Å². The van der Waals surface area contributed by atoms with Gasteiger partial charge >= 0.3 is 6.18 Å². The first-order valence-corrected chi connectivity index (χ1v) is 11.6. The van der Waals surface area contributed by atoms with Crippen LogP contribution in [0.15, 0.2) is 42.6 Å². The second-order valence-corrected chi connectivity index (χ2v) is 9.34. The molecule has 11 heteroatoms. The van der Waals surface area contributed by atoms with Gasteiger partial charge in [-0.3, -0.25) is 14.7 Å². The van der Waals surface area contributed by atoms with E-state index in [1.165, 1.54) is 4.90 Å². The Hall–Kier alpha value is -3.27. The van der Waals surface area contributed by atoms with Crippen molar-refractivity contribution >= 4 is 40.0 Å². The third-order valence-electron chi connectivity index (χ3n) is 6.70. The Labute approximate surface area is 203 Å². The second kappa shape index (κ2) is 8.75. The molecule has 0 saturated heterocycles. The van der Waals surface area contributed by atoms with Crippen LogP contribution in [0.5, 0.6) is 5.75 Å². The van der Waals surface area contributed by atoms with E-state index in [2.05, 4.69) is 10.2 Å². The lowest BCUT2D eigenvalue weighted by molar-refractivity contribution is -0.138. The van der Waals surface area contributed by atoms with Crippen molar-refractivity contribution in [3.8, 4) is 5.75 Å². The third kappa shape index (κ3) is 4.42. The Bertz CT molecular complexity index is 1280. The highest BCUT2D eigenvalue weighted by Crippen LogP contribution is 2.53. The Morgan fingerprint density at radius 3 is 2.77 bits per heavy atom. The number of benzene rings is 2. The van der Waals surface area contributed by atoms with E-state index in [-0.39, 0.29) is 12.0 Å². The van der Waals surface area contributed by atoms with Gasteiger partial charge in [0, 0.05) is 16.0 Å². The molecule has 7 nitrogen and oxygen atoms in total. The zero-order valence-electron chi connectivity index (χ0n) is 18.5. The topological polar surface area (TPSA) is 87.3 Å². The monoisotopic (exact) mass is 506 g/mol. The van der Waals surface area contributed by atoms with Crippen LogP contribution in [0, 0.1) is 0 Å². The fourth-order valence-electron chi connectivity index (χ4n) is 5.09. The Morgan fingerprint density at radius 1 is 1.26 bits per heavy atom. The summed E-state index contributed by atoms with van der Waals surface area (Å²) in [6.07, 6.45) is -0.889. The Morgan fingerprint density at radius 2 is 2.03 bits per heavy atom. The predicted molar refractivity (Wildman–Crippen MR) is 124 cm³/mol. The van der Waals surface area contributed by atoms with Gasteiger partial charge in [0.25, 0.3) is 0 Å². The number of rotatable bonds is 5. The minimum Gasteiger partial charge on any atom is -0.490 e.